The molecular formula is C14H20N2O2. The highest BCUT2D eigenvalue weighted by Crippen LogP contribution is 2.36. The topological polar surface area (TPSA) is 75.4 Å². The molecule has 0 fully saturated rings. The van der Waals surface area contributed by atoms with Gasteiger partial charge in [-0.1, -0.05) is 24.3 Å². The van der Waals surface area contributed by atoms with Crippen molar-refractivity contribution in [1.82, 2.24) is 5.32 Å². The van der Waals surface area contributed by atoms with Crippen molar-refractivity contribution in [3.63, 3.8) is 0 Å². The van der Waals surface area contributed by atoms with Crippen molar-refractivity contribution >= 4 is 5.91 Å². The number of amides is 1. The van der Waals surface area contributed by atoms with Crippen molar-refractivity contribution in [1.29, 1.82) is 0 Å². The van der Waals surface area contributed by atoms with Crippen LogP contribution >= 0.6 is 0 Å². The average Bonchev–Trinajstić information content (AvgIpc) is 2.66. The minimum Gasteiger partial charge on any atom is -0.384 e. The Morgan fingerprint density at radius 2 is 2.28 bits per heavy atom. The van der Waals surface area contributed by atoms with E-state index in [9.17, 15) is 9.90 Å². The Labute approximate surface area is 107 Å². The summed E-state index contributed by atoms with van der Waals surface area (Å²) in [7, 11) is 0. The van der Waals surface area contributed by atoms with E-state index in [1.54, 1.807) is 0 Å². The van der Waals surface area contributed by atoms with Crippen LogP contribution < -0.4 is 11.1 Å². The minimum atomic E-state index is -0.817. The van der Waals surface area contributed by atoms with Crippen molar-refractivity contribution in [2.24, 2.45) is 5.73 Å². The summed E-state index contributed by atoms with van der Waals surface area (Å²) in [6, 6.07) is 7.96. The van der Waals surface area contributed by atoms with Gasteiger partial charge in [0.05, 0.1) is 0 Å². The highest BCUT2D eigenvalue weighted by molar-refractivity contribution is 5.74. The summed E-state index contributed by atoms with van der Waals surface area (Å²) in [5.41, 5.74) is 6.54. The largest absolute Gasteiger partial charge is 0.384 e. The molecule has 2 unspecified atom stereocenters. The van der Waals surface area contributed by atoms with Crippen molar-refractivity contribution in [3.8, 4) is 0 Å². The summed E-state index contributed by atoms with van der Waals surface area (Å²) in [6.07, 6.45) is 1.92. The smallest absolute Gasteiger partial charge is 0.218 e. The molecule has 0 heterocycles. The molecule has 1 aliphatic carbocycles. The van der Waals surface area contributed by atoms with Crippen LogP contribution in [-0.2, 0) is 16.8 Å². The van der Waals surface area contributed by atoms with Crippen LogP contribution in [0.25, 0.3) is 0 Å². The van der Waals surface area contributed by atoms with Gasteiger partial charge in [0, 0.05) is 19.0 Å². The Bertz CT molecular complexity index is 447. The zero-order valence-electron chi connectivity index (χ0n) is 10.6. The van der Waals surface area contributed by atoms with E-state index in [0.717, 1.165) is 18.4 Å². The number of nitrogens with two attached hydrogens (primary N) is 1. The van der Waals surface area contributed by atoms with Gasteiger partial charge in [-0.25, -0.2) is 0 Å². The van der Waals surface area contributed by atoms with Gasteiger partial charge in [-0.05, 0) is 30.9 Å². The standard InChI is InChI=1S/C14H20N2O2/c1-10(8-13(15)17)16-9-14(18)7-6-11-4-2-3-5-12(11)14/h2-5,10,16,18H,6-9H2,1H3,(H2,15,17). The normalized spacial score (nSPS) is 23.7. The van der Waals surface area contributed by atoms with Crippen LogP contribution in [0.4, 0.5) is 0 Å². The number of rotatable bonds is 5. The number of benzene rings is 1. The van der Waals surface area contributed by atoms with Gasteiger partial charge in [-0.2, -0.15) is 0 Å². The molecule has 0 bridgehead atoms. The van der Waals surface area contributed by atoms with Crippen molar-refractivity contribution < 1.29 is 9.90 Å². The molecule has 0 saturated carbocycles. The Morgan fingerprint density at radius 1 is 1.56 bits per heavy atom. The van der Waals surface area contributed by atoms with E-state index in [1.807, 2.05) is 25.1 Å². The summed E-state index contributed by atoms with van der Waals surface area (Å²) in [5.74, 6) is -0.325. The molecule has 98 valence electrons. The van der Waals surface area contributed by atoms with Gasteiger partial charge in [0.1, 0.15) is 5.60 Å². The van der Waals surface area contributed by atoms with Gasteiger partial charge < -0.3 is 16.2 Å². The number of aryl methyl sites for hydroxylation is 1. The lowest BCUT2D eigenvalue weighted by Gasteiger charge is -2.26. The maximum Gasteiger partial charge on any atom is 0.218 e. The second-order valence-corrected chi connectivity index (χ2v) is 5.14. The number of primary amides is 1. The maximum atomic E-state index is 10.8. The molecule has 0 radical (unpaired) electrons. The first kappa shape index (κ1) is 13.1. The van der Waals surface area contributed by atoms with Crippen LogP contribution in [0.2, 0.25) is 0 Å². The molecular weight excluding hydrogens is 228 g/mol. The molecule has 4 heteroatoms. The average molecular weight is 248 g/mol. The van der Waals surface area contributed by atoms with E-state index >= 15 is 0 Å². The maximum absolute atomic E-state index is 10.8. The second kappa shape index (κ2) is 5.08. The Morgan fingerprint density at radius 3 is 3.00 bits per heavy atom. The SMILES string of the molecule is CC(CC(N)=O)NCC1(O)CCc2ccccc21. The van der Waals surface area contributed by atoms with E-state index in [1.165, 1.54) is 5.56 Å². The number of hydrogen-bond acceptors (Lipinski definition) is 3. The van der Waals surface area contributed by atoms with Gasteiger partial charge in [0.2, 0.25) is 5.91 Å². The summed E-state index contributed by atoms with van der Waals surface area (Å²) in [6.45, 7) is 2.35. The lowest BCUT2D eigenvalue weighted by Crippen LogP contribution is -2.41. The van der Waals surface area contributed by atoms with E-state index in [2.05, 4.69) is 11.4 Å². The number of aliphatic hydroxyl groups is 1. The Kier molecular flexibility index (Phi) is 3.68. The lowest BCUT2D eigenvalue weighted by atomic mass is 9.95. The van der Waals surface area contributed by atoms with E-state index in [0.29, 0.717) is 6.54 Å². The van der Waals surface area contributed by atoms with Crippen molar-refractivity contribution in [3.05, 3.63) is 35.4 Å². The fourth-order valence-corrected chi connectivity index (χ4v) is 2.57. The molecule has 18 heavy (non-hydrogen) atoms. The fourth-order valence-electron chi connectivity index (χ4n) is 2.57. The van der Waals surface area contributed by atoms with Gasteiger partial charge >= 0.3 is 0 Å². The summed E-state index contributed by atoms with van der Waals surface area (Å²) < 4.78 is 0. The molecule has 2 rings (SSSR count). The molecule has 0 saturated heterocycles. The zero-order valence-corrected chi connectivity index (χ0v) is 10.6. The summed E-state index contributed by atoms with van der Waals surface area (Å²) >= 11 is 0. The number of hydrogen-bond donors (Lipinski definition) is 3. The first-order valence-electron chi connectivity index (χ1n) is 6.34. The zero-order chi connectivity index (χ0) is 13.2. The monoisotopic (exact) mass is 248 g/mol. The molecule has 1 aromatic rings. The van der Waals surface area contributed by atoms with Crippen LogP contribution in [-0.4, -0.2) is 23.6 Å². The second-order valence-electron chi connectivity index (χ2n) is 5.14. The van der Waals surface area contributed by atoms with Crippen LogP contribution in [0.15, 0.2) is 24.3 Å². The fraction of sp³-hybridized carbons (Fsp3) is 0.500. The molecule has 1 aromatic carbocycles. The van der Waals surface area contributed by atoms with Gasteiger partial charge in [-0.15, -0.1) is 0 Å². The number of fused-ring (bicyclic) bond motifs is 1. The van der Waals surface area contributed by atoms with Crippen molar-refractivity contribution in [2.75, 3.05) is 6.54 Å². The van der Waals surface area contributed by atoms with E-state index in [4.69, 9.17) is 5.73 Å². The van der Waals surface area contributed by atoms with E-state index < -0.39 is 5.60 Å². The first-order valence-corrected chi connectivity index (χ1v) is 6.34. The first-order chi connectivity index (χ1) is 8.51. The third-order valence-corrected chi connectivity index (χ3v) is 3.58. The van der Waals surface area contributed by atoms with Gasteiger partial charge in [-0.3, -0.25) is 4.79 Å². The molecule has 1 aliphatic rings. The highest BCUT2D eigenvalue weighted by atomic mass is 16.3. The summed E-state index contributed by atoms with van der Waals surface area (Å²) in [4.78, 5) is 10.8. The Balaban J connectivity index is 2.00. The Hall–Kier alpha value is -1.39. The lowest BCUT2D eigenvalue weighted by molar-refractivity contribution is -0.118. The van der Waals surface area contributed by atoms with Gasteiger partial charge in [0.15, 0.2) is 0 Å². The van der Waals surface area contributed by atoms with Gasteiger partial charge in [0.25, 0.3) is 0 Å². The van der Waals surface area contributed by atoms with Crippen LogP contribution in [0.3, 0.4) is 0 Å². The third kappa shape index (κ3) is 2.71. The molecule has 4 nitrogen and oxygen atoms in total. The van der Waals surface area contributed by atoms with Crippen LogP contribution in [0.1, 0.15) is 30.9 Å². The number of nitrogens with one attached hydrogen (secondary N) is 1. The predicted octanol–water partition coefficient (Wildman–Crippen LogP) is 0.674. The molecule has 0 aromatic heterocycles. The quantitative estimate of drug-likeness (QED) is 0.717. The highest BCUT2D eigenvalue weighted by Gasteiger charge is 2.36. The van der Waals surface area contributed by atoms with Crippen LogP contribution in [0.5, 0.6) is 0 Å². The van der Waals surface area contributed by atoms with Crippen molar-refractivity contribution in [2.45, 2.75) is 37.8 Å². The van der Waals surface area contributed by atoms with Crippen LogP contribution in [0, 0.1) is 0 Å². The molecule has 1 amide bonds. The minimum absolute atomic E-state index is 0.0145. The van der Waals surface area contributed by atoms with E-state index in [-0.39, 0.29) is 18.4 Å². The molecule has 0 aliphatic heterocycles. The molecule has 0 spiro atoms. The number of carbonyl (C=O) groups excluding carboxylic acids is 1. The number of carbonyl (C=O) groups is 1. The third-order valence-electron chi connectivity index (χ3n) is 3.58. The molecule has 2 atom stereocenters. The molecule has 4 N–H and O–H groups in total. The predicted molar refractivity (Wildman–Crippen MR) is 69.9 cm³/mol. The summed E-state index contributed by atoms with van der Waals surface area (Å²) in [5, 5.41) is 13.8.